The Kier molecular flexibility index (Phi) is 6.90. The first-order valence-corrected chi connectivity index (χ1v) is 11.0. The molecule has 0 amide bonds. The van der Waals surface area contributed by atoms with E-state index in [1.165, 1.54) is 0 Å². The van der Waals surface area contributed by atoms with Gasteiger partial charge in [-0.15, -0.1) is 0 Å². The number of hydrogen-bond acceptors (Lipinski definition) is 4. The molecule has 0 aliphatic rings. The molecule has 3 aromatic rings. The van der Waals surface area contributed by atoms with Crippen LogP contribution in [0.2, 0.25) is 0 Å². The Hall–Kier alpha value is -2.83. The molecule has 0 spiro atoms. The Bertz CT molecular complexity index is 991. The van der Waals surface area contributed by atoms with Gasteiger partial charge >= 0.3 is 0 Å². The maximum Gasteiger partial charge on any atom is 0.240 e. The van der Waals surface area contributed by atoms with Crippen molar-refractivity contribution in [2.24, 2.45) is 0 Å². The highest BCUT2D eigenvalue weighted by atomic mass is 32.2. The van der Waals surface area contributed by atoms with Crippen molar-refractivity contribution in [1.82, 2.24) is 4.72 Å². The van der Waals surface area contributed by atoms with Gasteiger partial charge < -0.3 is 9.64 Å². The normalized spacial score (nSPS) is 12.3. The summed E-state index contributed by atoms with van der Waals surface area (Å²) in [7, 11) is -1.63. The third kappa shape index (κ3) is 5.37. The largest absolute Gasteiger partial charge is 0.494 e. The van der Waals surface area contributed by atoms with E-state index < -0.39 is 10.0 Å². The van der Waals surface area contributed by atoms with Crippen molar-refractivity contribution in [2.45, 2.75) is 17.9 Å². The molecule has 0 fully saturated rings. The summed E-state index contributed by atoms with van der Waals surface area (Å²) in [5.74, 6) is 0.811. The van der Waals surface area contributed by atoms with E-state index in [4.69, 9.17) is 4.74 Å². The van der Waals surface area contributed by atoms with Crippen LogP contribution in [0.1, 0.15) is 18.5 Å². The molecule has 5 nitrogen and oxygen atoms in total. The molecule has 0 unspecified atom stereocenters. The van der Waals surface area contributed by atoms with Crippen molar-refractivity contribution in [3.05, 3.63) is 90.5 Å². The number of likely N-dealkylation sites (N-methyl/N-ethyl adjacent to an activating group) is 1. The number of ether oxygens (including phenoxy) is 1. The zero-order valence-electron chi connectivity index (χ0n) is 16.7. The summed E-state index contributed by atoms with van der Waals surface area (Å²) < 4.78 is 33.7. The fourth-order valence-electron chi connectivity index (χ4n) is 3.15. The van der Waals surface area contributed by atoms with Crippen LogP contribution in [0.5, 0.6) is 5.75 Å². The molecular weight excluding hydrogens is 384 g/mol. The number of benzene rings is 3. The van der Waals surface area contributed by atoms with E-state index in [9.17, 15) is 8.42 Å². The second-order valence-corrected chi connectivity index (χ2v) is 8.40. The van der Waals surface area contributed by atoms with Gasteiger partial charge in [0.05, 0.1) is 17.5 Å². The summed E-state index contributed by atoms with van der Waals surface area (Å²) >= 11 is 0. The van der Waals surface area contributed by atoms with Crippen LogP contribution in [0.15, 0.2) is 89.8 Å². The average Bonchev–Trinajstić information content (AvgIpc) is 2.76. The van der Waals surface area contributed by atoms with Crippen LogP contribution in [0.25, 0.3) is 0 Å². The van der Waals surface area contributed by atoms with E-state index in [1.54, 1.807) is 30.3 Å². The van der Waals surface area contributed by atoms with Gasteiger partial charge in [-0.2, -0.15) is 0 Å². The Labute approximate surface area is 173 Å². The highest BCUT2D eigenvalue weighted by Crippen LogP contribution is 2.27. The van der Waals surface area contributed by atoms with Gasteiger partial charge in [-0.05, 0) is 48.9 Å². The zero-order chi connectivity index (χ0) is 20.7. The topological polar surface area (TPSA) is 58.6 Å². The van der Waals surface area contributed by atoms with Crippen molar-refractivity contribution >= 4 is 15.7 Å². The number of nitrogens with zero attached hydrogens (tertiary/aromatic N) is 1. The first-order valence-electron chi connectivity index (χ1n) is 9.56. The lowest BCUT2D eigenvalue weighted by Gasteiger charge is -2.31. The summed E-state index contributed by atoms with van der Waals surface area (Å²) in [5.41, 5.74) is 2.00. The molecule has 0 heterocycles. The SMILES string of the molecule is CCOc1ccc(N(C)[C@H](CNS(=O)(=O)c2ccccc2)c2ccccc2)cc1. The standard InChI is InChI=1S/C23H26N2O3S/c1-3-28-21-16-14-20(15-17-21)25(2)23(19-10-6-4-7-11-19)18-24-29(26,27)22-12-8-5-9-13-22/h4-17,23-24H,3,18H2,1-2H3/t23-/m1/s1. The zero-order valence-corrected chi connectivity index (χ0v) is 17.5. The van der Waals surface area contributed by atoms with Crippen LogP contribution < -0.4 is 14.4 Å². The van der Waals surface area contributed by atoms with Gasteiger partial charge in [0.15, 0.2) is 0 Å². The van der Waals surface area contributed by atoms with E-state index in [0.717, 1.165) is 17.0 Å². The minimum absolute atomic E-state index is 0.173. The minimum atomic E-state index is -3.59. The van der Waals surface area contributed by atoms with Crippen molar-refractivity contribution in [1.29, 1.82) is 0 Å². The van der Waals surface area contributed by atoms with Gasteiger partial charge in [0, 0.05) is 19.3 Å². The summed E-state index contributed by atoms with van der Waals surface area (Å²) in [5, 5.41) is 0. The highest BCUT2D eigenvalue weighted by molar-refractivity contribution is 7.89. The predicted molar refractivity (Wildman–Crippen MR) is 117 cm³/mol. The molecule has 152 valence electrons. The lowest BCUT2D eigenvalue weighted by atomic mass is 10.1. The number of hydrogen-bond donors (Lipinski definition) is 1. The van der Waals surface area contributed by atoms with E-state index in [0.29, 0.717) is 6.61 Å². The van der Waals surface area contributed by atoms with Crippen molar-refractivity contribution in [3.8, 4) is 5.75 Å². The second kappa shape index (κ2) is 9.58. The Morgan fingerprint density at radius 2 is 1.48 bits per heavy atom. The van der Waals surface area contributed by atoms with Gasteiger partial charge in [0.2, 0.25) is 10.0 Å². The smallest absolute Gasteiger partial charge is 0.240 e. The van der Waals surface area contributed by atoms with Crippen molar-refractivity contribution in [2.75, 3.05) is 25.1 Å². The molecule has 6 heteroatoms. The molecule has 1 atom stereocenters. The van der Waals surface area contributed by atoms with E-state index >= 15 is 0 Å². The molecule has 0 aliphatic carbocycles. The molecule has 3 rings (SSSR count). The number of rotatable bonds is 9. The molecule has 0 saturated heterocycles. The quantitative estimate of drug-likeness (QED) is 0.573. The van der Waals surface area contributed by atoms with Crippen LogP contribution in [-0.2, 0) is 10.0 Å². The Morgan fingerprint density at radius 1 is 0.897 bits per heavy atom. The second-order valence-electron chi connectivity index (χ2n) is 6.63. The van der Waals surface area contributed by atoms with Gasteiger partial charge in [0.25, 0.3) is 0 Å². The summed E-state index contributed by atoms with van der Waals surface area (Å²) in [6.45, 7) is 2.80. The molecule has 1 N–H and O–H groups in total. The van der Waals surface area contributed by atoms with Crippen LogP contribution in [0, 0.1) is 0 Å². The third-order valence-electron chi connectivity index (χ3n) is 4.73. The molecule has 0 radical (unpaired) electrons. The molecule has 29 heavy (non-hydrogen) atoms. The number of anilines is 1. The highest BCUT2D eigenvalue weighted by Gasteiger charge is 2.21. The monoisotopic (exact) mass is 410 g/mol. The first kappa shape index (κ1) is 20.9. The van der Waals surface area contributed by atoms with Crippen LogP contribution in [0.3, 0.4) is 0 Å². The fraction of sp³-hybridized carbons (Fsp3) is 0.217. The maximum absolute atomic E-state index is 12.7. The van der Waals surface area contributed by atoms with Crippen LogP contribution in [0.4, 0.5) is 5.69 Å². The Balaban J connectivity index is 1.83. The van der Waals surface area contributed by atoms with Crippen LogP contribution in [-0.4, -0.2) is 28.6 Å². The maximum atomic E-state index is 12.7. The minimum Gasteiger partial charge on any atom is -0.494 e. The van der Waals surface area contributed by atoms with E-state index in [-0.39, 0.29) is 17.5 Å². The average molecular weight is 411 g/mol. The summed E-state index contributed by atoms with van der Waals surface area (Å²) in [6.07, 6.45) is 0. The molecule has 0 saturated carbocycles. The third-order valence-corrected chi connectivity index (χ3v) is 6.17. The van der Waals surface area contributed by atoms with Gasteiger partial charge in [-0.1, -0.05) is 48.5 Å². The van der Waals surface area contributed by atoms with Crippen molar-refractivity contribution < 1.29 is 13.2 Å². The predicted octanol–water partition coefficient (Wildman–Crippen LogP) is 4.24. The van der Waals surface area contributed by atoms with Gasteiger partial charge in [-0.3, -0.25) is 0 Å². The van der Waals surface area contributed by atoms with Crippen LogP contribution >= 0.6 is 0 Å². The molecule has 0 aliphatic heterocycles. The summed E-state index contributed by atoms with van der Waals surface area (Å²) in [6, 6.07) is 25.9. The molecule has 0 aromatic heterocycles. The molecular formula is C23H26N2O3S. The Morgan fingerprint density at radius 3 is 2.07 bits per heavy atom. The van der Waals surface area contributed by atoms with Gasteiger partial charge in [-0.25, -0.2) is 13.1 Å². The molecule has 0 bridgehead atoms. The summed E-state index contributed by atoms with van der Waals surface area (Å²) in [4.78, 5) is 2.33. The fourth-order valence-corrected chi connectivity index (χ4v) is 4.21. The van der Waals surface area contributed by atoms with E-state index in [2.05, 4.69) is 9.62 Å². The van der Waals surface area contributed by atoms with Crippen molar-refractivity contribution in [3.63, 3.8) is 0 Å². The van der Waals surface area contributed by atoms with Gasteiger partial charge in [0.1, 0.15) is 5.75 Å². The lowest BCUT2D eigenvalue weighted by Crippen LogP contribution is -2.36. The number of nitrogens with one attached hydrogen (secondary N) is 1. The number of sulfonamides is 1. The lowest BCUT2D eigenvalue weighted by molar-refractivity contribution is 0.340. The van der Waals surface area contributed by atoms with E-state index in [1.807, 2.05) is 68.6 Å². The first-order chi connectivity index (χ1) is 14.0. The molecule has 3 aromatic carbocycles.